The van der Waals surface area contributed by atoms with Crippen LogP contribution in [0.4, 0.5) is 0 Å². The SMILES string of the molecule is [CH2]C(COCCCCCCCCCCCCCCCC)OC. The minimum absolute atomic E-state index is 0.0216. The third kappa shape index (κ3) is 18.0. The van der Waals surface area contributed by atoms with Gasteiger partial charge in [0.25, 0.3) is 0 Å². The lowest BCUT2D eigenvalue weighted by atomic mass is 10.0. The third-order valence-corrected chi connectivity index (χ3v) is 4.28. The van der Waals surface area contributed by atoms with E-state index >= 15 is 0 Å². The summed E-state index contributed by atoms with van der Waals surface area (Å²) >= 11 is 0. The fraction of sp³-hybridized carbons (Fsp3) is 0.950. The standard InChI is InChI=1S/C20H41O2/c1-4-5-6-7-8-9-10-11-12-13-14-15-16-17-18-22-19-20(2)21-3/h20H,2,4-19H2,1,3H3. The molecule has 0 aromatic heterocycles. The molecule has 0 aliphatic heterocycles. The van der Waals surface area contributed by atoms with Crippen molar-refractivity contribution in [1.29, 1.82) is 0 Å². The van der Waals surface area contributed by atoms with Crippen LogP contribution in [0.15, 0.2) is 0 Å². The first-order valence-corrected chi connectivity index (χ1v) is 9.74. The minimum Gasteiger partial charge on any atom is -0.379 e. The lowest BCUT2D eigenvalue weighted by Crippen LogP contribution is -2.14. The summed E-state index contributed by atoms with van der Waals surface area (Å²) < 4.78 is 10.5. The first-order chi connectivity index (χ1) is 10.8. The van der Waals surface area contributed by atoms with Crippen molar-refractivity contribution in [1.82, 2.24) is 0 Å². The van der Waals surface area contributed by atoms with Crippen LogP contribution in [0.25, 0.3) is 0 Å². The second kappa shape index (κ2) is 19.0. The maximum atomic E-state index is 5.51. The van der Waals surface area contributed by atoms with E-state index < -0.39 is 0 Å². The molecule has 2 heteroatoms. The molecule has 0 saturated carbocycles. The van der Waals surface area contributed by atoms with Crippen LogP contribution in [0.1, 0.15) is 96.8 Å². The molecule has 0 aromatic rings. The Balaban J connectivity index is 2.97. The molecular formula is C20H41O2. The molecule has 0 rings (SSSR count). The molecule has 0 bridgehead atoms. The topological polar surface area (TPSA) is 18.5 Å². The number of unbranched alkanes of at least 4 members (excludes halogenated alkanes) is 13. The van der Waals surface area contributed by atoms with E-state index in [9.17, 15) is 0 Å². The number of hydrogen-bond acceptors (Lipinski definition) is 2. The van der Waals surface area contributed by atoms with Crippen LogP contribution in [0.5, 0.6) is 0 Å². The summed E-state index contributed by atoms with van der Waals surface area (Å²) in [5.41, 5.74) is 0. The highest BCUT2D eigenvalue weighted by Crippen LogP contribution is 2.12. The molecule has 0 aliphatic rings. The molecule has 1 atom stereocenters. The molecule has 2 nitrogen and oxygen atoms in total. The van der Waals surface area contributed by atoms with E-state index in [1.807, 2.05) is 0 Å². The van der Waals surface area contributed by atoms with Gasteiger partial charge in [-0.1, -0.05) is 90.4 Å². The Morgan fingerprint density at radius 3 is 1.50 bits per heavy atom. The van der Waals surface area contributed by atoms with E-state index in [-0.39, 0.29) is 6.10 Å². The molecule has 0 saturated heterocycles. The summed E-state index contributed by atoms with van der Waals surface area (Å²) in [7, 11) is 1.67. The van der Waals surface area contributed by atoms with Crippen molar-refractivity contribution < 1.29 is 9.47 Å². The molecule has 133 valence electrons. The minimum atomic E-state index is -0.0216. The maximum absolute atomic E-state index is 5.51. The van der Waals surface area contributed by atoms with Gasteiger partial charge >= 0.3 is 0 Å². The highest BCUT2D eigenvalue weighted by atomic mass is 16.5. The van der Waals surface area contributed by atoms with E-state index in [0.29, 0.717) is 6.61 Å². The molecule has 22 heavy (non-hydrogen) atoms. The molecule has 0 fully saturated rings. The van der Waals surface area contributed by atoms with Gasteiger partial charge in [-0.05, 0) is 13.3 Å². The average molecular weight is 314 g/mol. The fourth-order valence-corrected chi connectivity index (χ4v) is 2.68. The number of methoxy groups -OCH3 is 1. The first kappa shape index (κ1) is 21.9. The third-order valence-electron chi connectivity index (χ3n) is 4.28. The number of hydrogen-bond donors (Lipinski definition) is 0. The van der Waals surface area contributed by atoms with Gasteiger partial charge in [0.1, 0.15) is 0 Å². The molecule has 0 aromatic carbocycles. The Labute approximate surface area is 140 Å². The van der Waals surface area contributed by atoms with Crippen molar-refractivity contribution in [2.75, 3.05) is 20.3 Å². The van der Waals surface area contributed by atoms with E-state index in [2.05, 4.69) is 13.8 Å². The normalized spacial score (nSPS) is 12.7. The van der Waals surface area contributed by atoms with Gasteiger partial charge in [0.2, 0.25) is 0 Å². The van der Waals surface area contributed by atoms with Crippen LogP contribution in [0.3, 0.4) is 0 Å². The zero-order chi connectivity index (χ0) is 16.3. The number of ether oxygens (including phenoxy) is 2. The van der Waals surface area contributed by atoms with Crippen LogP contribution in [-0.2, 0) is 9.47 Å². The van der Waals surface area contributed by atoms with E-state index in [0.717, 1.165) is 6.61 Å². The monoisotopic (exact) mass is 313 g/mol. The summed E-state index contributed by atoms with van der Waals surface area (Å²) in [4.78, 5) is 0. The van der Waals surface area contributed by atoms with E-state index in [1.165, 1.54) is 89.9 Å². The predicted octanol–water partition coefficient (Wildman–Crippen LogP) is 6.33. The van der Waals surface area contributed by atoms with Gasteiger partial charge in [0.15, 0.2) is 0 Å². The van der Waals surface area contributed by atoms with Crippen molar-refractivity contribution in [3.63, 3.8) is 0 Å². The summed E-state index contributed by atoms with van der Waals surface area (Å²) in [6.07, 6.45) is 19.5. The van der Waals surface area contributed by atoms with Crippen molar-refractivity contribution in [3.8, 4) is 0 Å². The van der Waals surface area contributed by atoms with Gasteiger partial charge in [-0.25, -0.2) is 0 Å². The van der Waals surface area contributed by atoms with Crippen molar-refractivity contribution in [2.24, 2.45) is 0 Å². The van der Waals surface area contributed by atoms with Gasteiger partial charge in [0, 0.05) is 13.7 Å². The molecular weight excluding hydrogens is 272 g/mol. The first-order valence-electron chi connectivity index (χ1n) is 9.74. The highest BCUT2D eigenvalue weighted by Gasteiger charge is 1.98. The van der Waals surface area contributed by atoms with Gasteiger partial charge in [-0.15, -0.1) is 0 Å². The zero-order valence-corrected chi connectivity index (χ0v) is 15.4. The molecule has 0 amide bonds. The average Bonchev–Trinajstić information content (AvgIpc) is 2.54. The smallest absolute Gasteiger partial charge is 0.0805 e. The number of rotatable bonds is 18. The highest BCUT2D eigenvalue weighted by molar-refractivity contribution is 4.56. The van der Waals surface area contributed by atoms with Gasteiger partial charge < -0.3 is 9.47 Å². The molecule has 0 aliphatic carbocycles. The molecule has 1 unspecified atom stereocenters. The fourth-order valence-electron chi connectivity index (χ4n) is 2.68. The Kier molecular flexibility index (Phi) is 18.9. The second-order valence-electron chi connectivity index (χ2n) is 6.53. The summed E-state index contributed by atoms with van der Waals surface area (Å²) in [6.45, 7) is 7.58. The van der Waals surface area contributed by atoms with Gasteiger partial charge in [-0.3, -0.25) is 0 Å². The predicted molar refractivity (Wildman–Crippen MR) is 97.3 cm³/mol. The Hall–Kier alpha value is -0.0800. The van der Waals surface area contributed by atoms with Crippen molar-refractivity contribution in [3.05, 3.63) is 6.92 Å². The van der Waals surface area contributed by atoms with Crippen LogP contribution in [0.2, 0.25) is 0 Å². The molecule has 1 radical (unpaired) electrons. The van der Waals surface area contributed by atoms with Crippen LogP contribution >= 0.6 is 0 Å². The van der Waals surface area contributed by atoms with Crippen LogP contribution < -0.4 is 0 Å². The van der Waals surface area contributed by atoms with E-state index in [1.54, 1.807) is 7.11 Å². The largest absolute Gasteiger partial charge is 0.379 e. The summed E-state index contributed by atoms with van der Waals surface area (Å²) in [6, 6.07) is 0. The van der Waals surface area contributed by atoms with Crippen molar-refractivity contribution in [2.45, 2.75) is 103 Å². The second-order valence-corrected chi connectivity index (χ2v) is 6.53. The lowest BCUT2D eigenvalue weighted by Gasteiger charge is -2.09. The van der Waals surface area contributed by atoms with Gasteiger partial charge in [0.05, 0.1) is 12.7 Å². The maximum Gasteiger partial charge on any atom is 0.0805 e. The van der Waals surface area contributed by atoms with Crippen molar-refractivity contribution >= 4 is 0 Å². The Morgan fingerprint density at radius 1 is 0.682 bits per heavy atom. The van der Waals surface area contributed by atoms with Crippen LogP contribution in [-0.4, -0.2) is 26.4 Å². The Morgan fingerprint density at radius 2 is 1.09 bits per heavy atom. The van der Waals surface area contributed by atoms with E-state index in [4.69, 9.17) is 9.47 Å². The zero-order valence-electron chi connectivity index (χ0n) is 15.4. The summed E-state index contributed by atoms with van der Waals surface area (Å²) in [5, 5.41) is 0. The molecule has 0 N–H and O–H groups in total. The van der Waals surface area contributed by atoms with Gasteiger partial charge in [-0.2, -0.15) is 0 Å². The quantitative estimate of drug-likeness (QED) is 0.275. The summed E-state index contributed by atoms with van der Waals surface area (Å²) in [5.74, 6) is 0. The van der Waals surface area contributed by atoms with Crippen LogP contribution in [0, 0.1) is 6.92 Å². The Bertz CT molecular complexity index is 194. The molecule has 0 heterocycles. The lowest BCUT2D eigenvalue weighted by molar-refractivity contribution is 0.0303. The molecule has 0 spiro atoms.